The number of unbranched alkanes of at least 4 members (excludes halogenated alkanes) is 7. The molecule has 1 unspecified atom stereocenters. The molecule has 1 fully saturated rings. The molecule has 1 aliphatic rings. The number of hydrogen-bond acceptors (Lipinski definition) is 4. The molecule has 0 bridgehead atoms. The van der Waals surface area contributed by atoms with Crippen molar-refractivity contribution in [2.75, 3.05) is 19.8 Å². The van der Waals surface area contributed by atoms with E-state index in [2.05, 4.69) is 10.5 Å². The molecule has 0 heterocycles. The summed E-state index contributed by atoms with van der Waals surface area (Å²) in [7, 11) is 0. The van der Waals surface area contributed by atoms with E-state index in [9.17, 15) is 4.79 Å². The van der Waals surface area contributed by atoms with Crippen LogP contribution in [0.5, 0.6) is 0 Å². The van der Waals surface area contributed by atoms with Gasteiger partial charge in [-0.15, -0.1) is 0 Å². The molecule has 164 valence electrons. The van der Waals surface area contributed by atoms with E-state index < -0.39 is 5.92 Å². The average Bonchev–Trinajstić information content (AvgIpc) is 2.72. The van der Waals surface area contributed by atoms with Crippen molar-refractivity contribution >= 4 is 11.7 Å². The lowest BCUT2D eigenvalue weighted by Crippen LogP contribution is -2.38. The summed E-state index contributed by atoms with van der Waals surface area (Å²) in [5, 5.41) is 14.5. The van der Waals surface area contributed by atoms with Crippen LogP contribution >= 0.6 is 0 Å². The molecule has 0 saturated heterocycles. The van der Waals surface area contributed by atoms with E-state index in [1.54, 1.807) is 0 Å². The number of amides is 1. The Morgan fingerprint density at radius 3 is 2.29 bits per heavy atom. The number of ether oxygens (including phenoxy) is 1. The van der Waals surface area contributed by atoms with Crippen LogP contribution in [0.15, 0.2) is 5.16 Å². The fraction of sp³-hybridized carbons (Fsp3) is 0.909. The minimum atomic E-state index is -0.531. The summed E-state index contributed by atoms with van der Waals surface area (Å²) in [6.45, 7) is 4.42. The van der Waals surface area contributed by atoms with Crippen LogP contribution in [0.4, 0.5) is 0 Å². The summed E-state index contributed by atoms with van der Waals surface area (Å²) in [6, 6.07) is 0. The number of nitrogens with two attached hydrogens (primary N) is 1. The second kappa shape index (κ2) is 16.6. The van der Waals surface area contributed by atoms with Gasteiger partial charge < -0.3 is 21.0 Å². The highest BCUT2D eigenvalue weighted by Crippen LogP contribution is 2.23. The molecule has 0 aromatic heterocycles. The van der Waals surface area contributed by atoms with E-state index in [1.165, 1.54) is 70.6 Å². The molecule has 0 aliphatic heterocycles. The van der Waals surface area contributed by atoms with Gasteiger partial charge in [-0.3, -0.25) is 4.79 Å². The van der Waals surface area contributed by atoms with E-state index in [-0.39, 0.29) is 11.7 Å². The van der Waals surface area contributed by atoms with E-state index in [1.807, 2.05) is 6.92 Å². The number of amidine groups is 1. The number of carbonyl (C=O) groups is 1. The molecule has 0 radical (unpaired) electrons. The van der Waals surface area contributed by atoms with Crippen molar-refractivity contribution in [1.82, 2.24) is 5.32 Å². The third kappa shape index (κ3) is 11.5. The summed E-state index contributed by atoms with van der Waals surface area (Å²) >= 11 is 0. The predicted molar refractivity (Wildman–Crippen MR) is 115 cm³/mol. The lowest BCUT2D eigenvalue weighted by atomic mass is 9.90. The van der Waals surface area contributed by atoms with Crippen molar-refractivity contribution < 1.29 is 14.7 Å². The van der Waals surface area contributed by atoms with Gasteiger partial charge in [0.25, 0.3) is 0 Å². The molecule has 1 aliphatic carbocycles. The van der Waals surface area contributed by atoms with Gasteiger partial charge >= 0.3 is 0 Å². The zero-order chi connectivity index (χ0) is 20.5. The quantitative estimate of drug-likeness (QED) is 0.117. The maximum absolute atomic E-state index is 12.0. The molecule has 28 heavy (non-hydrogen) atoms. The fourth-order valence-electron chi connectivity index (χ4n) is 3.93. The third-order valence-electron chi connectivity index (χ3n) is 5.79. The first-order valence-electron chi connectivity index (χ1n) is 11.5. The predicted octanol–water partition coefficient (Wildman–Crippen LogP) is 4.59. The average molecular weight is 398 g/mol. The highest BCUT2D eigenvalue weighted by atomic mass is 16.5. The van der Waals surface area contributed by atoms with Crippen molar-refractivity contribution in [2.45, 2.75) is 96.8 Å². The lowest BCUT2D eigenvalue weighted by molar-refractivity contribution is -0.123. The first kappa shape index (κ1) is 24.7. The van der Waals surface area contributed by atoms with Crippen LogP contribution in [0.25, 0.3) is 0 Å². The van der Waals surface area contributed by atoms with Gasteiger partial charge in [-0.25, -0.2) is 0 Å². The summed E-state index contributed by atoms with van der Waals surface area (Å²) < 4.78 is 5.85. The number of rotatable bonds is 16. The number of oxime groups is 1. The second-order valence-electron chi connectivity index (χ2n) is 8.18. The van der Waals surface area contributed by atoms with Crippen LogP contribution < -0.4 is 11.1 Å². The maximum atomic E-state index is 12.0. The van der Waals surface area contributed by atoms with Crippen molar-refractivity contribution in [3.8, 4) is 0 Å². The SMILES string of the molecule is CCC(C(=O)NCCCCCCCCCCOCC1CCCCC1)/C(N)=N/O. The Morgan fingerprint density at radius 2 is 1.68 bits per heavy atom. The Kier molecular flexibility index (Phi) is 14.7. The second-order valence-corrected chi connectivity index (χ2v) is 8.18. The number of nitrogens with zero attached hydrogens (tertiary/aromatic N) is 1. The molecular weight excluding hydrogens is 354 g/mol. The van der Waals surface area contributed by atoms with Gasteiger partial charge in [0.05, 0.1) is 5.92 Å². The van der Waals surface area contributed by atoms with Crippen LogP contribution in [0, 0.1) is 11.8 Å². The number of carbonyl (C=O) groups excluding carboxylic acids is 1. The molecule has 1 rings (SSSR count). The highest BCUT2D eigenvalue weighted by Gasteiger charge is 2.20. The zero-order valence-electron chi connectivity index (χ0n) is 18.0. The van der Waals surface area contributed by atoms with Crippen LogP contribution in [0.1, 0.15) is 96.8 Å². The molecule has 6 nitrogen and oxygen atoms in total. The van der Waals surface area contributed by atoms with Crippen LogP contribution in [-0.2, 0) is 9.53 Å². The van der Waals surface area contributed by atoms with Gasteiger partial charge in [-0.2, -0.15) is 0 Å². The smallest absolute Gasteiger partial charge is 0.230 e. The standard InChI is InChI=1S/C22H43N3O3/c1-2-20(21(23)25-27)22(26)24-16-12-7-5-3-4-6-8-13-17-28-18-19-14-10-9-11-15-19/h19-20,27H,2-18H2,1H3,(H2,23,25)(H,24,26). The number of nitrogens with one attached hydrogen (secondary N) is 1. The lowest BCUT2D eigenvalue weighted by Gasteiger charge is -2.21. The Morgan fingerprint density at radius 1 is 1.07 bits per heavy atom. The first-order valence-corrected chi connectivity index (χ1v) is 11.5. The monoisotopic (exact) mass is 397 g/mol. The van der Waals surface area contributed by atoms with E-state index >= 15 is 0 Å². The van der Waals surface area contributed by atoms with Crippen molar-refractivity contribution in [1.29, 1.82) is 0 Å². The molecule has 0 spiro atoms. The molecule has 0 aromatic rings. The Hall–Kier alpha value is -1.30. The van der Waals surface area contributed by atoms with Gasteiger partial charge in [-0.1, -0.05) is 69.9 Å². The van der Waals surface area contributed by atoms with E-state index in [0.29, 0.717) is 13.0 Å². The molecule has 1 atom stereocenters. The maximum Gasteiger partial charge on any atom is 0.230 e. The number of hydrogen-bond donors (Lipinski definition) is 3. The normalized spacial score (nSPS) is 16.8. The first-order chi connectivity index (χ1) is 13.7. The Balaban J connectivity index is 1.83. The van der Waals surface area contributed by atoms with Crippen molar-refractivity contribution in [2.24, 2.45) is 22.7 Å². The zero-order valence-corrected chi connectivity index (χ0v) is 18.0. The Labute approximate surface area is 171 Å². The van der Waals surface area contributed by atoms with Crippen LogP contribution in [0.3, 0.4) is 0 Å². The summed E-state index contributed by atoms with van der Waals surface area (Å²) in [5.41, 5.74) is 5.53. The van der Waals surface area contributed by atoms with E-state index in [0.717, 1.165) is 32.0 Å². The van der Waals surface area contributed by atoms with Gasteiger partial charge in [0.1, 0.15) is 0 Å². The summed E-state index contributed by atoms with van der Waals surface area (Å²) in [6.07, 6.45) is 17.1. The Bertz CT molecular complexity index is 423. The third-order valence-corrected chi connectivity index (χ3v) is 5.79. The molecule has 0 aromatic carbocycles. The molecule has 1 amide bonds. The topological polar surface area (TPSA) is 96.9 Å². The summed E-state index contributed by atoms with van der Waals surface area (Å²) in [4.78, 5) is 12.0. The van der Waals surface area contributed by atoms with Crippen LogP contribution in [-0.4, -0.2) is 36.7 Å². The largest absolute Gasteiger partial charge is 0.409 e. The van der Waals surface area contributed by atoms with Crippen molar-refractivity contribution in [3.63, 3.8) is 0 Å². The molecule has 1 saturated carbocycles. The van der Waals surface area contributed by atoms with E-state index in [4.69, 9.17) is 15.7 Å². The van der Waals surface area contributed by atoms with Gasteiger partial charge in [0.2, 0.25) is 5.91 Å². The molecular formula is C22H43N3O3. The highest BCUT2D eigenvalue weighted by molar-refractivity contribution is 6.01. The van der Waals surface area contributed by atoms with Gasteiger partial charge in [-0.05, 0) is 38.0 Å². The minimum absolute atomic E-state index is 0.0145. The molecule has 4 N–H and O–H groups in total. The van der Waals surface area contributed by atoms with Gasteiger partial charge in [0.15, 0.2) is 5.84 Å². The minimum Gasteiger partial charge on any atom is -0.409 e. The molecule has 6 heteroatoms. The van der Waals surface area contributed by atoms with Crippen molar-refractivity contribution in [3.05, 3.63) is 0 Å². The van der Waals surface area contributed by atoms with Crippen LogP contribution in [0.2, 0.25) is 0 Å². The fourth-order valence-corrected chi connectivity index (χ4v) is 3.93. The van der Waals surface area contributed by atoms with Gasteiger partial charge in [0, 0.05) is 19.8 Å². The summed E-state index contributed by atoms with van der Waals surface area (Å²) in [5.74, 6) is 0.131.